The highest BCUT2D eigenvalue weighted by Gasteiger charge is 2.35. The molecule has 0 aromatic heterocycles. The second-order valence-corrected chi connectivity index (χ2v) is 8.81. The highest BCUT2D eigenvalue weighted by molar-refractivity contribution is 5.37. The van der Waals surface area contributed by atoms with Crippen molar-refractivity contribution >= 4 is 24.3 Å². The van der Waals surface area contributed by atoms with Crippen LogP contribution in [-0.4, -0.2) is 43.1 Å². The highest BCUT2D eigenvalue weighted by Crippen LogP contribution is 2.43. The first-order valence-corrected chi connectivity index (χ1v) is 11.5. The van der Waals surface area contributed by atoms with Crippen molar-refractivity contribution in [3.8, 4) is 0 Å². The Balaban J connectivity index is 1.76. The molecule has 2 aliphatic rings. The molecule has 1 unspecified atom stereocenters. The number of rotatable bonds is 12. The summed E-state index contributed by atoms with van der Waals surface area (Å²) >= 11 is 0. The molecule has 168 valence electrons. The lowest BCUT2D eigenvalue weighted by molar-refractivity contribution is 0.131. The molecule has 1 atom stereocenters. The molecular weight excluding hydrogens is 396 g/mol. The monoisotopic (exact) mass is 428 g/mol. The fraction of sp³-hybridized carbons (Fsp3) is 0.826. The lowest BCUT2D eigenvalue weighted by Crippen LogP contribution is -2.31. The first-order valence-electron chi connectivity index (χ1n) is 11.5. The summed E-state index contributed by atoms with van der Waals surface area (Å²) in [6.07, 6.45) is 17.9. The summed E-state index contributed by atoms with van der Waals surface area (Å²) in [7, 11) is 0. The van der Waals surface area contributed by atoms with E-state index in [4.69, 9.17) is 0 Å². The van der Waals surface area contributed by atoms with Gasteiger partial charge in [0.25, 0.3) is 0 Å². The summed E-state index contributed by atoms with van der Waals surface area (Å²) in [4.78, 5) is 57.2. The van der Waals surface area contributed by atoms with Crippen LogP contribution in [0.3, 0.4) is 0 Å². The van der Waals surface area contributed by atoms with E-state index in [0.717, 1.165) is 77.0 Å². The van der Waals surface area contributed by atoms with Crippen LogP contribution in [0.15, 0.2) is 20.0 Å². The van der Waals surface area contributed by atoms with Gasteiger partial charge in [0, 0.05) is 5.92 Å². The molecule has 8 nitrogen and oxygen atoms in total. The van der Waals surface area contributed by atoms with Gasteiger partial charge in [-0.15, -0.1) is 0 Å². The highest BCUT2D eigenvalue weighted by atomic mass is 16.1. The zero-order valence-electron chi connectivity index (χ0n) is 18.1. The Morgan fingerprint density at radius 1 is 0.613 bits per heavy atom. The van der Waals surface area contributed by atoms with Crippen molar-refractivity contribution in [2.24, 2.45) is 43.6 Å². The molecule has 2 rings (SSSR count). The number of nitrogens with zero attached hydrogens (tertiary/aromatic N) is 4. The van der Waals surface area contributed by atoms with E-state index in [9.17, 15) is 19.2 Å². The van der Waals surface area contributed by atoms with E-state index in [-0.39, 0.29) is 12.0 Å². The standard InChI is InChI=1S/C23H32N4O4/c28-14-24-13-3-1-2-4-22(25-15-29)20-9-5-18(6-10-20)19-7-11-21(12-8-19)23(26-16-30)27-17-31/h18-23H,1-13H2. The quantitative estimate of drug-likeness (QED) is 0.263. The third kappa shape index (κ3) is 8.28. The van der Waals surface area contributed by atoms with Crippen molar-refractivity contribution in [1.82, 2.24) is 0 Å². The van der Waals surface area contributed by atoms with Crippen molar-refractivity contribution in [2.75, 3.05) is 6.54 Å². The molecule has 0 aromatic rings. The lowest BCUT2D eigenvalue weighted by atomic mass is 9.67. The van der Waals surface area contributed by atoms with E-state index in [2.05, 4.69) is 20.0 Å². The molecule has 2 aliphatic carbocycles. The van der Waals surface area contributed by atoms with Crippen LogP contribution in [0.2, 0.25) is 0 Å². The first-order chi connectivity index (χ1) is 15.2. The predicted octanol–water partition coefficient (Wildman–Crippen LogP) is 4.20. The van der Waals surface area contributed by atoms with Crippen molar-refractivity contribution < 1.29 is 19.2 Å². The third-order valence-electron chi connectivity index (χ3n) is 7.19. The SMILES string of the molecule is O=C=NCCCCCC(N=C=O)C1CCC(C2CCC(C(N=C=O)N=C=O)CC2)CC1. The minimum absolute atomic E-state index is 0.0481. The Labute approximate surface area is 183 Å². The van der Waals surface area contributed by atoms with Gasteiger partial charge in [-0.25, -0.2) is 29.2 Å². The summed E-state index contributed by atoms with van der Waals surface area (Å²) in [6.45, 7) is 0.516. The van der Waals surface area contributed by atoms with Gasteiger partial charge in [-0.2, -0.15) is 9.98 Å². The van der Waals surface area contributed by atoms with Gasteiger partial charge in [-0.1, -0.05) is 12.8 Å². The summed E-state index contributed by atoms with van der Waals surface area (Å²) in [5, 5.41) is 0. The summed E-state index contributed by atoms with van der Waals surface area (Å²) in [5.74, 6) is 1.90. The molecule has 0 N–H and O–H groups in total. The van der Waals surface area contributed by atoms with Crippen LogP contribution in [-0.2, 0) is 19.2 Å². The van der Waals surface area contributed by atoms with Crippen LogP contribution in [0.1, 0.15) is 77.0 Å². The Morgan fingerprint density at radius 2 is 1.16 bits per heavy atom. The zero-order chi connectivity index (χ0) is 22.3. The van der Waals surface area contributed by atoms with E-state index >= 15 is 0 Å². The second kappa shape index (κ2) is 14.5. The Morgan fingerprint density at radius 3 is 1.68 bits per heavy atom. The van der Waals surface area contributed by atoms with Crippen molar-refractivity contribution in [3.63, 3.8) is 0 Å². The molecular formula is C23H32N4O4. The van der Waals surface area contributed by atoms with E-state index in [1.165, 1.54) is 12.2 Å². The van der Waals surface area contributed by atoms with E-state index in [1.807, 2.05) is 0 Å². The maximum Gasteiger partial charge on any atom is 0.237 e. The van der Waals surface area contributed by atoms with Gasteiger partial charge in [-0.05, 0) is 82.0 Å². The average molecular weight is 429 g/mol. The van der Waals surface area contributed by atoms with Crippen LogP contribution in [0.25, 0.3) is 0 Å². The van der Waals surface area contributed by atoms with Crippen LogP contribution >= 0.6 is 0 Å². The fourth-order valence-electron chi connectivity index (χ4n) is 5.50. The maximum atomic E-state index is 10.9. The summed E-state index contributed by atoms with van der Waals surface area (Å²) < 4.78 is 0. The van der Waals surface area contributed by atoms with E-state index in [0.29, 0.717) is 24.3 Å². The largest absolute Gasteiger partial charge is 0.237 e. The van der Waals surface area contributed by atoms with Crippen molar-refractivity contribution in [3.05, 3.63) is 0 Å². The van der Waals surface area contributed by atoms with E-state index < -0.39 is 6.17 Å². The van der Waals surface area contributed by atoms with Gasteiger partial charge in [0.05, 0.1) is 12.6 Å². The van der Waals surface area contributed by atoms with Gasteiger partial charge < -0.3 is 0 Å². The van der Waals surface area contributed by atoms with Gasteiger partial charge in [-0.3, -0.25) is 0 Å². The molecule has 0 aromatic carbocycles. The normalized spacial score (nSPS) is 27.4. The fourth-order valence-corrected chi connectivity index (χ4v) is 5.50. The van der Waals surface area contributed by atoms with Crippen LogP contribution < -0.4 is 0 Å². The average Bonchev–Trinajstić information content (AvgIpc) is 2.81. The molecule has 0 radical (unpaired) electrons. The molecule has 8 heteroatoms. The van der Waals surface area contributed by atoms with Crippen molar-refractivity contribution in [2.45, 2.75) is 89.3 Å². The number of carbonyl (C=O) groups excluding carboxylic acids is 4. The lowest BCUT2D eigenvalue weighted by Gasteiger charge is -2.39. The Kier molecular flexibility index (Phi) is 11.6. The minimum atomic E-state index is -0.626. The molecule has 2 saturated carbocycles. The smallest absolute Gasteiger partial charge is 0.211 e. The van der Waals surface area contributed by atoms with Gasteiger partial charge in [0.1, 0.15) is 0 Å². The number of unbranched alkanes of at least 4 members (excludes halogenated alkanes) is 2. The molecule has 0 spiro atoms. The molecule has 2 fully saturated rings. The maximum absolute atomic E-state index is 10.9. The first kappa shape index (κ1) is 24.8. The number of hydrogen-bond donors (Lipinski definition) is 0. The minimum Gasteiger partial charge on any atom is -0.211 e. The van der Waals surface area contributed by atoms with Crippen LogP contribution in [0, 0.1) is 23.7 Å². The van der Waals surface area contributed by atoms with Crippen molar-refractivity contribution in [1.29, 1.82) is 0 Å². The molecule has 0 aliphatic heterocycles. The number of hydrogen-bond acceptors (Lipinski definition) is 8. The predicted molar refractivity (Wildman–Crippen MR) is 114 cm³/mol. The summed E-state index contributed by atoms with van der Waals surface area (Å²) in [6, 6.07) is 0.0481. The summed E-state index contributed by atoms with van der Waals surface area (Å²) in [5.41, 5.74) is 0. The van der Waals surface area contributed by atoms with E-state index in [1.54, 1.807) is 12.2 Å². The molecule has 31 heavy (non-hydrogen) atoms. The zero-order valence-corrected chi connectivity index (χ0v) is 18.1. The molecule has 0 saturated heterocycles. The van der Waals surface area contributed by atoms with Gasteiger partial charge in [0.15, 0.2) is 6.17 Å². The second-order valence-electron chi connectivity index (χ2n) is 8.81. The van der Waals surface area contributed by atoms with Crippen LogP contribution in [0.4, 0.5) is 0 Å². The molecule has 0 bridgehead atoms. The topological polar surface area (TPSA) is 118 Å². The number of aliphatic imine (C=N–C) groups is 4. The Bertz CT molecular complexity index is 713. The van der Waals surface area contributed by atoms with Gasteiger partial charge in [0.2, 0.25) is 24.3 Å². The van der Waals surface area contributed by atoms with Crippen LogP contribution in [0.5, 0.6) is 0 Å². The number of isocyanates is 4. The molecule has 0 amide bonds. The third-order valence-corrected chi connectivity index (χ3v) is 7.19. The van der Waals surface area contributed by atoms with Gasteiger partial charge >= 0.3 is 0 Å². The molecule has 0 heterocycles. The Hall–Kier alpha value is -2.48.